The van der Waals surface area contributed by atoms with Gasteiger partial charge in [-0.15, -0.1) is 0 Å². The number of carbonyl (C=O) groups is 1. The fraction of sp³-hybridized carbons (Fsp3) is 0.229. The summed E-state index contributed by atoms with van der Waals surface area (Å²) >= 11 is 0. The van der Waals surface area contributed by atoms with Crippen LogP contribution in [0.4, 0.5) is 5.69 Å². The van der Waals surface area contributed by atoms with Crippen molar-refractivity contribution in [2.45, 2.75) is 34.1 Å². The smallest absolute Gasteiger partial charge is 0.213 e. The number of nitrogens with one attached hydrogen (secondary N) is 1. The van der Waals surface area contributed by atoms with Gasteiger partial charge in [0, 0.05) is 12.7 Å². The molecule has 39 heavy (non-hydrogen) atoms. The first-order valence-corrected chi connectivity index (χ1v) is 13.7. The standard InChI is InChI=1S/C17H19N.C14H13NO2.2C2H6/c1-18-13-12-17(16-10-6-3-7-11-16)14-15-8-4-2-5-9-15;1-15(11-16)12-7-9-14(10-8-12)17-13-5-3-2-4-6-13;2*1-2/h2-11,14,18H,12-13H2,1H3;2-11H,1H3;2*1-2H3. The summed E-state index contributed by atoms with van der Waals surface area (Å²) in [5.74, 6) is 1.54. The second kappa shape index (κ2) is 20.9. The summed E-state index contributed by atoms with van der Waals surface area (Å²) in [6, 6.07) is 38.0. The van der Waals surface area contributed by atoms with E-state index in [1.54, 1.807) is 7.05 Å². The van der Waals surface area contributed by atoms with Crippen LogP contribution in [0.1, 0.15) is 45.2 Å². The van der Waals surface area contributed by atoms with Crippen LogP contribution in [0.3, 0.4) is 0 Å². The fourth-order valence-corrected chi connectivity index (χ4v) is 3.40. The quantitative estimate of drug-likeness (QED) is 0.175. The van der Waals surface area contributed by atoms with Gasteiger partial charge in [0.15, 0.2) is 0 Å². The highest BCUT2D eigenvalue weighted by atomic mass is 16.5. The molecule has 0 spiro atoms. The minimum absolute atomic E-state index is 0.749. The van der Waals surface area contributed by atoms with E-state index in [9.17, 15) is 4.79 Å². The molecule has 4 aromatic rings. The molecular weight excluding hydrogens is 480 g/mol. The molecule has 4 aromatic carbocycles. The SMILES string of the molecule is CC.CC.CN(C=O)c1ccc(Oc2ccccc2)cc1.CNCCC(=Cc1ccccc1)c1ccccc1. The molecule has 0 saturated heterocycles. The van der Waals surface area contributed by atoms with Crippen LogP contribution in [0.2, 0.25) is 0 Å². The van der Waals surface area contributed by atoms with Crippen LogP contribution in [0, 0.1) is 0 Å². The van der Waals surface area contributed by atoms with Crippen LogP contribution in [-0.2, 0) is 4.79 Å². The predicted molar refractivity (Wildman–Crippen MR) is 169 cm³/mol. The molecule has 0 bridgehead atoms. The van der Waals surface area contributed by atoms with Crippen molar-refractivity contribution in [3.05, 3.63) is 126 Å². The van der Waals surface area contributed by atoms with Crippen molar-refractivity contribution in [1.82, 2.24) is 5.32 Å². The number of hydrogen-bond donors (Lipinski definition) is 1. The molecule has 0 aliphatic heterocycles. The van der Waals surface area contributed by atoms with Gasteiger partial charge < -0.3 is 15.0 Å². The Morgan fingerprint density at radius 3 is 1.72 bits per heavy atom. The van der Waals surface area contributed by atoms with Crippen molar-refractivity contribution >= 4 is 23.7 Å². The highest BCUT2D eigenvalue weighted by molar-refractivity contribution is 5.81. The molecule has 0 atom stereocenters. The van der Waals surface area contributed by atoms with Crippen LogP contribution in [0.5, 0.6) is 11.5 Å². The summed E-state index contributed by atoms with van der Waals surface area (Å²) in [6.07, 6.45) is 4.08. The maximum Gasteiger partial charge on any atom is 0.213 e. The Bertz CT molecular complexity index is 1160. The monoisotopic (exact) mass is 524 g/mol. The fourth-order valence-electron chi connectivity index (χ4n) is 3.40. The lowest BCUT2D eigenvalue weighted by Gasteiger charge is -2.11. The van der Waals surface area contributed by atoms with Crippen LogP contribution in [-0.4, -0.2) is 27.1 Å². The summed E-state index contributed by atoms with van der Waals surface area (Å²) in [6.45, 7) is 8.99. The Balaban J connectivity index is 0.000000347. The molecule has 0 aliphatic carbocycles. The molecule has 0 aromatic heterocycles. The summed E-state index contributed by atoms with van der Waals surface area (Å²) in [4.78, 5) is 12.1. The predicted octanol–water partition coefficient (Wildman–Crippen LogP) is 8.96. The molecule has 0 heterocycles. The van der Waals surface area contributed by atoms with E-state index in [4.69, 9.17) is 4.74 Å². The third kappa shape index (κ3) is 12.8. The molecule has 1 amide bonds. The third-order valence-corrected chi connectivity index (χ3v) is 5.31. The molecular formula is C35H44N2O2. The van der Waals surface area contributed by atoms with E-state index in [1.807, 2.05) is 95.4 Å². The first kappa shape index (κ1) is 32.9. The van der Waals surface area contributed by atoms with Gasteiger partial charge in [0.1, 0.15) is 11.5 Å². The maximum absolute atomic E-state index is 10.6. The number of rotatable bonds is 9. The molecule has 0 unspecified atom stereocenters. The second-order valence-corrected chi connectivity index (χ2v) is 7.93. The molecule has 4 heteroatoms. The van der Waals surface area contributed by atoms with Crippen molar-refractivity contribution in [3.63, 3.8) is 0 Å². The summed E-state index contributed by atoms with van der Waals surface area (Å²) in [7, 11) is 3.70. The van der Waals surface area contributed by atoms with Gasteiger partial charge in [0.25, 0.3) is 0 Å². The molecule has 4 rings (SSSR count). The number of para-hydroxylation sites is 1. The van der Waals surface area contributed by atoms with E-state index in [1.165, 1.54) is 21.6 Å². The van der Waals surface area contributed by atoms with Gasteiger partial charge in [-0.2, -0.15) is 0 Å². The van der Waals surface area contributed by atoms with Crippen molar-refractivity contribution < 1.29 is 9.53 Å². The van der Waals surface area contributed by atoms with Gasteiger partial charge in [-0.3, -0.25) is 4.79 Å². The first-order chi connectivity index (χ1) is 19.2. The van der Waals surface area contributed by atoms with E-state index >= 15 is 0 Å². The van der Waals surface area contributed by atoms with Gasteiger partial charge in [0.2, 0.25) is 6.41 Å². The van der Waals surface area contributed by atoms with Crippen molar-refractivity contribution in [2.75, 3.05) is 25.5 Å². The van der Waals surface area contributed by atoms with E-state index < -0.39 is 0 Å². The molecule has 206 valence electrons. The lowest BCUT2D eigenvalue weighted by Crippen LogP contribution is -2.13. The lowest BCUT2D eigenvalue weighted by molar-refractivity contribution is -0.107. The average Bonchev–Trinajstić information content (AvgIpc) is 3.03. The van der Waals surface area contributed by atoms with Gasteiger partial charge in [0.05, 0.1) is 0 Å². The lowest BCUT2D eigenvalue weighted by atomic mass is 10.00. The molecule has 1 N–H and O–H groups in total. The molecule has 4 nitrogen and oxygen atoms in total. The van der Waals surface area contributed by atoms with Gasteiger partial charge in [-0.1, -0.05) is 113 Å². The van der Waals surface area contributed by atoms with Crippen LogP contribution in [0.15, 0.2) is 115 Å². The Hall–Kier alpha value is -4.15. The molecule has 0 aliphatic rings. The summed E-state index contributed by atoms with van der Waals surface area (Å²) in [5, 5.41) is 3.21. The third-order valence-electron chi connectivity index (χ3n) is 5.31. The zero-order valence-corrected chi connectivity index (χ0v) is 24.3. The number of hydrogen-bond acceptors (Lipinski definition) is 3. The molecule has 0 fully saturated rings. The number of benzene rings is 4. The van der Waals surface area contributed by atoms with Gasteiger partial charge in [-0.05, 0) is 73.1 Å². The van der Waals surface area contributed by atoms with Crippen molar-refractivity contribution in [3.8, 4) is 11.5 Å². The van der Waals surface area contributed by atoms with E-state index in [2.05, 4.69) is 66.0 Å². The highest BCUT2D eigenvalue weighted by Gasteiger charge is 2.01. The van der Waals surface area contributed by atoms with Crippen LogP contribution in [0.25, 0.3) is 11.6 Å². The number of ether oxygens (including phenoxy) is 1. The minimum Gasteiger partial charge on any atom is -0.457 e. The van der Waals surface area contributed by atoms with Crippen molar-refractivity contribution in [2.24, 2.45) is 0 Å². The Morgan fingerprint density at radius 1 is 0.718 bits per heavy atom. The Labute approximate surface area is 236 Å². The van der Waals surface area contributed by atoms with Gasteiger partial charge in [-0.25, -0.2) is 0 Å². The molecule has 0 radical (unpaired) electrons. The first-order valence-electron chi connectivity index (χ1n) is 13.7. The van der Waals surface area contributed by atoms with Crippen LogP contribution < -0.4 is 15.0 Å². The normalized spacial score (nSPS) is 9.85. The minimum atomic E-state index is 0.749. The zero-order valence-electron chi connectivity index (χ0n) is 24.3. The topological polar surface area (TPSA) is 41.6 Å². The number of anilines is 1. The summed E-state index contributed by atoms with van der Waals surface area (Å²) < 4.78 is 5.64. The van der Waals surface area contributed by atoms with E-state index in [0.717, 1.165) is 36.6 Å². The highest BCUT2D eigenvalue weighted by Crippen LogP contribution is 2.23. The Morgan fingerprint density at radius 2 is 1.21 bits per heavy atom. The largest absolute Gasteiger partial charge is 0.457 e. The van der Waals surface area contributed by atoms with E-state index in [0.29, 0.717) is 0 Å². The second-order valence-electron chi connectivity index (χ2n) is 7.93. The summed E-state index contributed by atoms with van der Waals surface area (Å²) in [5.41, 5.74) is 4.76. The average molecular weight is 525 g/mol. The van der Waals surface area contributed by atoms with E-state index in [-0.39, 0.29) is 0 Å². The van der Waals surface area contributed by atoms with Crippen LogP contribution >= 0.6 is 0 Å². The Kier molecular flexibility index (Phi) is 17.6. The van der Waals surface area contributed by atoms with Gasteiger partial charge >= 0.3 is 0 Å². The number of nitrogens with zero attached hydrogens (tertiary/aromatic N) is 1. The zero-order chi connectivity index (χ0) is 28.7. The maximum atomic E-state index is 10.6. The molecule has 0 saturated carbocycles. The van der Waals surface area contributed by atoms with Crippen molar-refractivity contribution in [1.29, 1.82) is 0 Å². The number of amides is 1. The number of carbonyl (C=O) groups excluding carboxylic acids is 1.